The van der Waals surface area contributed by atoms with Gasteiger partial charge in [-0.3, -0.25) is 0 Å². The SMILES string of the molecule is F[C@@H]1CNC[C@@H](Nc2ncc(C(F)(F)F)c(-c3nn(C4CCCCO4)c4nn5ccccc5c34)n2)C1. The molecule has 6 heterocycles. The molecule has 0 spiro atoms. The number of alkyl halides is 4. The number of aromatic nitrogens is 6. The van der Waals surface area contributed by atoms with Crippen LogP contribution in [0.5, 0.6) is 0 Å². The Morgan fingerprint density at radius 1 is 1.11 bits per heavy atom. The Labute approximate surface area is 202 Å². The van der Waals surface area contributed by atoms with Crippen LogP contribution < -0.4 is 10.6 Å². The zero-order valence-corrected chi connectivity index (χ0v) is 19.2. The molecular formula is C23H24F4N8O. The Bertz CT molecular complexity index is 1390. The van der Waals surface area contributed by atoms with Crippen LogP contribution in [-0.4, -0.2) is 61.3 Å². The summed E-state index contributed by atoms with van der Waals surface area (Å²) in [5.41, 5.74) is -0.310. The van der Waals surface area contributed by atoms with E-state index < -0.39 is 24.1 Å². The average Bonchev–Trinajstić information content (AvgIpc) is 3.41. The van der Waals surface area contributed by atoms with Crippen LogP contribution >= 0.6 is 0 Å². The van der Waals surface area contributed by atoms with Crippen LogP contribution in [0.1, 0.15) is 37.5 Å². The number of hydrogen-bond donors (Lipinski definition) is 2. The monoisotopic (exact) mass is 504 g/mol. The van der Waals surface area contributed by atoms with Crippen LogP contribution in [0, 0.1) is 0 Å². The summed E-state index contributed by atoms with van der Waals surface area (Å²) in [7, 11) is 0. The van der Waals surface area contributed by atoms with E-state index in [1.54, 1.807) is 33.6 Å². The van der Waals surface area contributed by atoms with Crippen molar-refractivity contribution in [2.75, 3.05) is 25.0 Å². The van der Waals surface area contributed by atoms with Gasteiger partial charge in [-0.2, -0.15) is 18.3 Å². The molecule has 0 radical (unpaired) electrons. The van der Waals surface area contributed by atoms with Crippen LogP contribution in [-0.2, 0) is 10.9 Å². The molecule has 2 fully saturated rings. The predicted octanol–water partition coefficient (Wildman–Crippen LogP) is 3.97. The zero-order valence-electron chi connectivity index (χ0n) is 19.2. The van der Waals surface area contributed by atoms with Crippen molar-refractivity contribution in [1.82, 2.24) is 34.7 Å². The summed E-state index contributed by atoms with van der Waals surface area (Å²) in [6.45, 7) is 1.23. The van der Waals surface area contributed by atoms with Gasteiger partial charge in [-0.05, 0) is 31.4 Å². The molecule has 2 N–H and O–H groups in total. The van der Waals surface area contributed by atoms with Gasteiger partial charge in [-0.15, -0.1) is 5.10 Å². The third-order valence-corrected chi connectivity index (χ3v) is 6.56. The molecule has 0 amide bonds. The molecule has 190 valence electrons. The molecule has 4 aromatic rings. The second kappa shape index (κ2) is 8.96. The second-order valence-electron chi connectivity index (χ2n) is 9.13. The number of pyridine rings is 1. The van der Waals surface area contributed by atoms with E-state index >= 15 is 0 Å². The maximum Gasteiger partial charge on any atom is 0.420 e. The third-order valence-electron chi connectivity index (χ3n) is 6.56. The van der Waals surface area contributed by atoms with Crippen molar-refractivity contribution in [1.29, 1.82) is 0 Å². The standard InChI is InChI=1S/C23H24F4N8O/c24-13-9-14(11-28-10-13)30-22-29-12-15(23(25,26)27)19(31-22)20-18-16-5-1-3-7-34(16)33-21(18)35(32-20)17-6-2-4-8-36-17/h1,3,5,7,12-14,17,28H,2,4,6,8-11H2,(H,29,30,31)/t13-,14-,17?/m0/s1. The van der Waals surface area contributed by atoms with Crippen LogP contribution in [0.3, 0.4) is 0 Å². The first kappa shape index (κ1) is 23.1. The van der Waals surface area contributed by atoms with E-state index in [4.69, 9.17) is 4.74 Å². The largest absolute Gasteiger partial charge is 0.420 e. The highest BCUT2D eigenvalue weighted by atomic mass is 19.4. The van der Waals surface area contributed by atoms with Crippen LogP contribution in [0.25, 0.3) is 27.9 Å². The molecule has 0 saturated carbocycles. The van der Waals surface area contributed by atoms with Crippen molar-refractivity contribution in [3.63, 3.8) is 0 Å². The van der Waals surface area contributed by atoms with E-state index in [2.05, 4.69) is 30.8 Å². The summed E-state index contributed by atoms with van der Waals surface area (Å²) in [4.78, 5) is 8.18. The van der Waals surface area contributed by atoms with Gasteiger partial charge in [-0.25, -0.2) is 23.6 Å². The van der Waals surface area contributed by atoms with Gasteiger partial charge < -0.3 is 15.4 Å². The lowest BCUT2D eigenvalue weighted by atomic mass is 10.1. The molecule has 9 nitrogen and oxygen atoms in total. The number of rotatable bonds is 4. The van der Waals surface area contributed by atoms with Gasteiger partial charge in [0.25, 0.3) is 0 Å². The number of ether oxygens (including phenoxy) is 1. The molecule has 0 bridgehead atoms. The average molecular weight is 504 g/mol. The number of nitrogens with zero attached hydrogens (tertiary/aromatic N) is 6. The minimum absolute atomic E-state index is 0.0213. The summed E-state index contributed by atoms with van der Waals surface area (Å²) in [6, 6.07) is 4.99. The lowest BCUT2D eigenvalue weighted by Gasteiger charge is -2.26. The zero-order chi connectivity index (χ0) is 24.9. The second-order valence-corrected chi connectivity index (χ2v) is 9.13. The maximum absolute atomic E-state index is 14.1. The fourth-order valence-electron chi connectivity index (χ4n) is 4.88. The normalized spacial score (nSPS) is 23.4. The van der Waals surface area contributed by atoms with Gasteiger partial charge in [0, 0.05) is 44.6 Å². The van der Waals surface area contributed by atoms with Crippen LogP contribution in [0.2, 0.25) is 0 Å². The summed E-state index contributed by atoms with van der Waals surface area (Å²) < 4.78 is 65.3. The molecule has 3 atom stereocenters. The molecule has 2 saturated heterocycles. The summed E-state index contributed by atoms with van der Waals surface area (Å²) >= 11 is 0. The molecular weight excluding hydrogens is 480 g/mol. The number of nitrogens with one attached hydrogen (secondary N) is 2. The number of hydrogen-bond acceptors (Lipinski definition) is 7. The molecule has 13 heteroatoms. The first-order chi connectivity index (χ1) is 17.4. The molecule has 6 rings (SSSR count). The van der Waals surface area contributed by atoms with Crippen LogP contribution in [0.15, 0.2) is 30.6 Å². The summed E-state index contributed by atoms with van der Waals surface area (Å²) in [6.07, 6.45) is -1.04. The summed E-state index contributed by atoms with van der Waals surface area (Å²) in [5, 5.41) is 15.6. The van der Waals surface area contributed by atoms with Gasteiger partial charge in [0.1, 0.15) is 23.1 Å². The molecule has 2 aliphatic rings. The van der Waals surface area contributed by atoms with E-state index in [1.165, 1.54) is 0 Å². The van der Waals surface area contributed by atoms with E-state index in [0.717, 1.165) is 19.0 Å². The highest BCUT2D eigenvalue weighted by molar-refractivity contribution is 6.03. The van der Waals surface area contributed by atoms with E-state index in [9.17, 15) is 17.6 Å². The first-order valence-corrected chi connectivity index (χ1v) is 11.9. The van der Waals surface area contributed by atoms with Crippen LogP contribution in [0.4, 0.5) is 23.5 Å². The van der Waals surface area contributed by atoms with Gasteiger partial charge >= 0.3 is 6.18 Å². The van der Waals surface area contributed by atoms with E-state index in [1.807, 2.05) is 0 Å². The van der Waals surface area contributed by atoms with Crippen molar-refractivity contribution in [3.8, 4) is 11.4 Å². The highest BCUT2D eigenvalue weighted by Gasteiger charge is 2.38. The number of piperidine rings is 1. The quantitative estimate of drug-likeness (QED) is 0.406. The van der Waals surface area contributed by atoms with Crippen molar-refractivity contribution < 1.29 is 22.3 Å². The Morgan fingerprint density at radius 2 is 2.00 bits per heavy atom. The van der Waals surface area contributed by atoms with Gasteiger partial charge in [0.2, 0.25) is 5.95 Å². The lowest BCUT2D eigenvalue weighted by Crippen LogP contribution is -2.44. The topological polar surface area (TPSA) is 94.2 Å². The fourth-order valence-corrected chi connectivity index (χ4v) is 4.88. The fraction of sp³-hybridized carbons (Fsp3) is 0.478. The Hall–Kier alpha value is -3.32. The van der Waals surface area contributed by atoms with Gasteiger partial charge in [-0.1, -0.05) is 6.07 Å². The summed E-state index contributed by atoms with van der Waals surface area (Å²) in [5.74, 6) is -0.0213. The van der Waals surface area contributed by atoms with E-state index in [-0.39, 0.29) is 36.3 Å². The van der Waals surface area contributed by atoms with Crippen molar-refractivity contribution >= 4 is 22.5 Å². The number of halogens is 4. The highest BCUT2D eigenvalue weighted by Crippen LogP contribution is 2.40. The Morgan fingerprint density at radius 3 is 2.78 bits per heavy atom. The third kappa shape index (κ3) is 4.15. The molecule has 2 aliphatic heterocycles. The predicted molar refractivity (Wildman–Crippen MR) is 123 cm³/mol. The Kier molecular flexibility index (Phi) is 5.75. The molecule has 1 unspecified atom stereocenters. The number of fused-ring (bicyclic) bond motifs is 3. The first-order valence-electron chi connectivity index (χ1n) is 11.9. The molecule has 0 aliphatic carbocycles. The maximum atomic E-state index is 14.1. The van der Waals surface area contributed by atoms with Gasteiger partial charge in [0.15, 0.2) is 11.9 Å². The minimum atomic E-state index is -4.72. The molecule has 4 aromatic heterocycles. The number of anilines is 1. The van der Waals surface area contributed by atoms with Crippen molar-refractivity contribution in [3.05, 3.63) is 36.2 Å². The van der Waals surface area contributed by atoms with Gasteiger partial charge in [0.05, 0.1) is 10.9 Å². The lowest BCUT2D eigenvalue weighted by molar-refractivity contribution is -0.137. The smallest absolute Gasteiger partial charge is 0.356 e. The molecule has 36 heavy (non-hydrogen) atoms. The van der Waals surface area contributed by atoms with Crippen molar-refractivity contribution in [2.45, 2.75) is 50.3 Å². The minimum Gasteiger partial charge on any atom is -0.356 e. The van der Waals surface area contributed by atoms with Crippen molar-refractivity contribution in [2.24, 2.45) is 0 Å². The van der Waals surface area contributed by atoms with E-state index in [0.29, 0.717) is 36.1 Å². The Balaban J connectivity index is 1.53. The molecule has 0 aromatic carbocycles.